The number of ether oxygens (including phenoxy) is 1. The Bertz CT molecular complexity index is 408. The van der Waals surface area contributed by atoms with E-state index in [4.69, 9.17) is 4.74 Å². The first kappa shape index (κ1) is 15.3. The maximum Gasteiger partial charge on any atom is 0.119 e. The van der Waals surface area contributed by atoms with Crippen molar-refractivity contribution in [3.8, 4) is 5.75 Å². The van der Waals surface area contributed by atoms with Crippen LogP contribution >= 0.6 is 0 Å². The van der Waals surface area contributed by atoms with Gasteiger partial charge in [0.2, 0.25) is 0 Å². The molecule has 2 atom stereocenters. The highest BCUT2D eigenvalue weighted by Gasteiger charge is 2.19. The fraction of sp³-hybridized carbons (Fsp3) is 0.647. The van der Waals surface area contributed by atoms with Crippen LogP contribution in [-0.2, 0) is 6.42 Å². The number of rotatable bonds is 6. The molecule has 1 aromatic rings. The Morgan fingerprint density at radius 1 is 1.45 bits per heavy atom. The quantitative estimate of drug-likeness (QED) is 0.868. The predicted octanol–water partition coefficient (Wildman–Crippen LogP) is 2.72. The third-order valence-electron chi connectivity index (χ3n) is 3.96. The van der Waals surface area contributed by atoms with Crippen molar-refractivity contribution in [2.75, 3.05) is 26.2 Å². The number of nitrogens with zero attached hydrogens (tertiary/aromatic N) is 1. The Morgan fingerprint density at radius 2 is 2.30 bits per heavy atom. The summed E-state index contributed by atoms with van der Waals surface area (Å²) in [5.41, 5.74) is 1.27. The van der Waals surface area contributed by atoms with Crippen molar-refractivity contribution in [1.29, 1.82) is 0 Å². The predicted molar refractivity (Wildman–Crippen MR) is 82.2 cm³/mol. The van der Waals surface area contributed by atoms with Crippen LogP contribution in [0.1, 0.15) is 32.3 Å². The van der Waals surface area contributed by atoms with Crippen LogP contribution in [-0.4, -0.2) is 42.4 Å². The molecule has 0 unspecified atom stereocenters. The van der Waals surface area contributed by atoms with Gasteiger partial charge in [0.05, 0.1) is 0 Å². The molecule has 0 amide bonds. The molecule has 0 spiro atoms. The molecule has 2 rings (SSSR count). The maximum atomic E-state index is 10.1. The molecule has 0 aromatic heterocycles. The van der Waals surface area contributed by atoms with Gasteiger partial charge in [-0.15, -0.1) is 0 Å². The second-order valence-electron chi connectivity index (χ2n) is 5.97. The zero-order valence-electron chi connectivity index (χ0n) is 12.7. The molecule has 1 fully saturated rings. The van der Waals surface area contributed by atoms with Crippen LogP contribution in [0.5, 0.6) is 5.75 Å². The lowest BCUT2D eigenvalue weighted by molar-refractivity contribution is 0.0537. The number of piperidine rings is 1. The van der Waals surface area contributed by atoms with Gasteiger partial charge in [-0.3, -0.25) is 0 Å². The van der Waals surface area contributed by atoms with E-state index in [0.29, 0.717) is 6.61 Å². The molecule has 1 N–H and O–H groups in total. The molecule has 0 bridgehead atoms. The van der Waals surface area contributed by atoms with Crippen molar-refractivity contribution in [2.45, 2.75) is 39.2 Å². The van der Waals surface area contributed by atoms with Gasteiger partial charge in [0, 0.05) is 13.1 Å². The lowest BCUT2D eigenvalue weighted by atomic mass is 10.0. The average Bonchev–Trinajstić information content (AvgIpc) is 2.45. The summed E-state index contributed by atoms with van der Waals surface area (Å²) in [6.07, 6.45) is 3.15. The van der Waals surface area contributed by atoms with E-state index in [1.807, 2.05) is 12.1 Å². The monoisotopic (exact) mass is 277 g/mol. The summed E-state index contributed by atoms with van der Waals surface area (Å²) in [4.78, 5) is 2.35. The molecule has 1 saturated heterocycles. The maximum absolute atomic E-state index is 10.1. The molecule has 0 aliphatic carbocycles. The minimum atomic E-state index is -0.411. The Hall–Kier alpha value is -1.06. The van der Waals surface area contributed by atoms with Crippen LogP contribution in [0.4, 0.5) is 0 Å². The Balaban J connectivity index is 1.75. The molecule has 20 heavy (non-hydrogen) atoms. The van der Waals surface area contributed by atoms with Gasteiger partial charge < -0.3 is 14.7 Å². The number of aliphatic hydroxyl groups is 1. The zero-order valence-corrected chi connectivity index (χ0v) is 12.7. The van der Waals surface area contributed by atoms with Gasteiger partial charge in [-0.05, 0) is 49.4 Å². The number of aliphatic hydroxyl groups excluding tert-OH is 1. The van der Waals surface area contributed by atoms with Crippen LogP contribution in [0, 0.1) is 5.92 Å². The van der Waals surface area contributed by atoms with E-state index < -0.39 is 6.10 Å². The standard InChI is InChI=1S/C17H27NO2/c1-3-15-7-4-8-17(10-15)20-13-16(19)12-18-9-5-6-14(2)11-18/h4,7-8,10,14,16,19H,3,5-6,9,11-13H2,1-2H3/t14-,16+/m0/s1. The first-order chi connectivity index (χ1) is 9.67. The van der Waals surface area contributed by atoms with E-state index >= 15 is 0 Å². The molecule has 112 valence electrons. The van der Waals surface area contributed by atoms with Crippen molar-refractivity contribution < 1.29 is 9.84 Å². The normalized spacial score (nSPS) is 21.6. The Morgan fingerprint density at radius 3 is 3.05 bits per heavy atom. The average molecular weight is 277 g/mol. The highest BCUT2D eigenvalue weighted by atomic mass is 16.5. The van der Waals surface area contributed by atoms with E-state index in [0.717, 1.165) is 37.7 Å². The topological polar surface area (TPSA) is 32.7 Å². The minimum Gasteiger partial charge on any atom is -0.491 e. The van der Waals surface area contributed by atoms with E-state index in [9.17, 15) is 5.11 Å². The van der Waals surface area contributed by atoms with Crippen molar-refractivity contribution in [1.82, 2.24) is 4.90 Å². The van der Waals surface area contributed by atoms with Gasteiger partial charge in [-0.2, -0.15) is 0 Å². The van der Waals surface area contributed by atoms with Gasteiger partial charge >= 0.3 is 0 Å². The van der Waals surface area contributed by atoms with Crippen LogP contribution in [0.15, 0.2) is 24.3 Å². The first-order valence-corrected chi connectivity index (χ1v) is 7.79. The molecule has 1 aliphatic rings. The number of likely N-dealkylation sites (tertiary alicyclic amines) is 1. The van der Waals surface area contributed by atoms with E-state index in [-0.39, 0.29) is 0 Å². The summed E-state index contributed by atoms with van der Waals surface area (Å²) in [6.45, 7) is 7.71. The van der Waals surface area contributed by atoms with Gasteiger partial charge in [0.1, 0.15) is 18.5 Å². The number of hydrogen-bond donors (Lipinski definition) is 1. The minimum absolute atomic E-state index is 0.373. The van der Waals surface area contributed by atoms with Crippen LogP contribution < -0.4 is 4.74 Å². The van der Waals surface area contributed by atoms with Crippen LogP contribution in [0.25, 0.3) is 0 Å². The van der Waals surface area contributed by atoms with Gasteiger partial charge in [-0.25, -0.2) is 0 Å². The SMILES string of the molecule is CCc1cccc(OC[C@H](O)CN2CCC[C@H](C)C2)c1. The number of β-amino-alcohol motifs (C(OH)–C–C–N with tert-alkyl or cyclic N) is 1. The van der Waals surface area contributed by atoms with Gasteiger partial charge in [0.25, 0.3) is 0 Å². The number of aryl methyl sites for hydroxylation is 1. The molecule has 0 saturated carbocycles. The summed E-state index contributed by atoms with van der Waals surface area (Å²) in [5, 5.41) is 10.1. The van der Waals surface area contributed by atoms with E-state index in [2.05, 4.69) is 30.9 Å². The van der Waals surface area contributed by atoms with Crippen LogP contribution in [0.3, 0.4) is 0 Å². The molecule has 0 radical (unpaired) electrons. The molecule has 3 heteroatoms. The molecule has 1 heterocycles. The van der Waals surface area contributed by atoms with E-state index in [1.54, 1.807) is 0 Å². The Kier molecular flexibility index (Phi) is 5.86. The first-order valence-electron chi connectivity index (χ1n) is 7.79. The highest BCUT2D eigenvalue weighted by Crippen LogP contribution is 2.16. The summed E-state index contributed by atoms with van der Waals surface area (Å²) < 4.78 is 5.70. The zero-order chi connectivity index (χ0) is 14.4. The summed E-state index contributed by atoms with van der Waals surface area (Å²) in [5.74, 6) is 1.61. The smallest absolute Gasteiger partial charge is 0.119 e. The second-order valence-corrected chi connectivity index (χ2v) is 5.97. The van der Waals surface area contributed by atoms with Crippen molar-refractivity contribution >= 4 is 0 Å². The molecule has 3 nitrogen and oxygen atoms in total. The van der Waals surface area contributed by atoms with Crippen molar-refractivity contribution in [3.05, 3.63) is 29.8 Å². The van der Waals surface area contributed by atoms with Crippen LogP contribution in [0.2, 0.25) is 0 Å². The Labute approximate surface area is 122 Å². The summed E-state index contributed by atoms with van der Waals surface area (Å²) in [6, 6.07) is 8.11. The summed E-state index contributed by atoms with van der Waals surface area (Å²) in [7, 11) is 0. The number of hydrogen-bond acceptors (Lipinski definition) is 3. The fourth-order valence-corrected chi connectivity index (χ4v) is 2.85. The molecular formula is C17H27NO2. The fourth-order valence-electron chi connectivity index (χ4n) is 2.85. The van der Waals surface area contributed by atoms with Crippen molar-refractivity contribution in [2.24, 2.45) is 5.92 Å². The second kappa shape index (κ2) is 7.65. The largest absolute Gasteiger partial charge is 0.491 e. The van der Waals surface area contributed by atoms with E-state index in [1.165, 1.54) is 18.4 Å². The van der Waals surface area contributed by atoms with Crippen molar-refractivity contribution in [3.63, 3.8) is 0 Å². The lowest BCUT2D eigenvalue weighted by Crippen LogP contribution is -2.41. The third-order valence-corrected chi connectivity index (χ3v) is 3.96. The highest BCUT2D eigenvalue weighted by molar-refractivity contribution is 5.28. The molecule has 1 aliphatic heterocycles. The molecule has 1 aromatic carbocycles. The number of benzene rings is 1. The van der Waals surface area contributed by atoms with Gasteiger partial charge in [0.15, 0.2) is 0 Å². The lowest BCUT2D eigenvalue weighted by Gasteiger charge is -2.32. The molecular weight excluding hydrogens is 250 g/mol. The summed E-state index contributed by atoms with van der Waals surface area (Å²) >= 11 is 0. The van der Waals surface area contributed by atoms with Gasteiger partial charge in [-0.1, -0.05) is 26.0 Å². The third kappa shape index (κ3) is 4.80.